The molecular formula is C17H24N6OS. The molecule has 2 aromatic rings. The van der Waals surface area contributed by atoms with Gasteiger partial charge >= 0.3 is 0 Å². The molecule has 0 aliphatic carbocycles. The van der Waals surface area contributed by atoms with Crippen molar-refractivity contribution < 1.29 is 4.79 Å². The Morgan fingerprint density at radius 1 is 1.44 bits per heavy atom. The molecule has 0 saturated carbocycles. The molecule has 2 aromatic heterocycles. The summed E-state index contributed by atoms with van der Waals surface area (Å²) in [7, 11) is 3.86. The molecule has 1 N–H and O–H groups in total. The highest BCUT2D eigenvalue weighted by Gasteiger charge is 2.42. The molecule has 8 heteroatoms. The predicted molar refractivity (Wildman–Crippen MR) is 98.6 cm³/mol. The summed E-state index contributed by atoms with van der Waals surface area (Å²) in [6, 6.07) is 1.94. The van der Waals surface area contributed by atoms with Gasteiger partial charge in [0.05, 0.1) is 5.69 Å². The number of rotatable bonds is 5. The van der Waals surface area contributed by atoms with E-state index in [9.17, 15) is 4.79 Å². The first-order valence-corrected chi connectivity index (χ1v) is 9.19. The number of carbonyl (C=O) groups is 1. The maximum atomic E-state index is 11.8. The number of amides is 1. The molecule has 0 bridgehead atoms. The molecular weight excluding hydrogens is 336 g/mol. The molecule has 0 radical (unpaired) electrons. The fourth-order valence-electron chi connectivity index (χ4n) is 3.18. The minimum Gasteiger partial charge on any atom is -0.347 e. The highest BCUT2D eigenvalue weighted by molar-refractivity contribution is 7.09. The Morgan fingerprint density at radius 2 is 2.24 bits per heavy atom. The third-order valence-electron chi connectivity index (χ3n) is 4.28. The molecule has 1 saturated heterocycles. The quantitative estimate of drug-likeness (QED) is 0.872. The minimum atomic E-state index is -0.401. The number of thiazole rings is 1. The summed E-state index contributed by atoms with van der Waals surface area (Å²) in [4.78, 5) is 29.5. The van der Waals surface area contributed by atoms with E-state index in [1.54, 1.807) is 24.5 Å². The zero-order valence-corrected chi connectivity index (χ0v) is 15.9. The van der Waals surface area contributed by atoms with Crippen molar-refractivity contribution in [2.45, 2.75) is 32.4 Å². The number of hydrogen-bond donors (Lipinski definition) is 1. The maximum absolute atomic E-state index is 11.8. The van der Waals surface area contributed by atoms with E-state index in [-0.39, 0.29) is 5.91 Å². The number of anilines is 1. The lowest BCUT2D eigenvalue weighted by atomic mass is 9.99. The van der Waals surface area contributed by atoms with Gasteiger partial charge in [0, 0.05) is 57.9 Å². The first-order valence-electron chi connectivity index (χ1n) is 8.31. The van der Waals surface area contributed by atoms with Gasteiger partial charge in [0.2, 0.25) is 11.9 Å². The van der Waals surface area contributed by atoms with Crippen LogP contribution in [0, 0.1) is 6.92 Å². The van der Waals surface area contributed by atoms with Gasteiger partial charge in [-0.15, -0.1) is 11.3 Å². The highest BCUT2D eigenvalue weighted by atomic mass is 32.1. The molecule has 1 fully saturated rings. The Bertz CT molecular complexity index is 761. The summed E-state index contributed by atoms with van der Waals surface area (Å²) < 4.78 is 0. The number of aryl methyl sites for hydroxylation is 1. The van der Waals surface area contributed by atoms with Crippen LogP contribution in [0.15, 0.2) is 17.6 Å². The molecule has 134 valence electrons. The second-order valence-electron chi connectivity index (χ2n) is 6.76. The standard InChI is InChI=1S/C17H24N6OS/c1-12-10-25-15(19-12)17(21-13(2)24)6-8-23(11-17)9-14-5-7-18-16(20-14)22(3)4/h5,7,10H,6,8-9,11H2,1-4H3,(H,21,24). The number of aromatic nitrogens is 3. The predicted octanol–water partition coefficient (Wildman–Crippen LogP) is 1.54. The second kappa shape index (κ2) is 7.05. The molecule has 1 aliphatic heterocycles. The Morgan fingerprint density at radius 3 is 2.88 bits per heavy atom. The highest BCUT2D eigenvalue weighted by Crippen LogP contribution is 2.34. The van der Waals surface area contributed by atoms with Gasteiger partial charge in [0.1, 0.15) is 10.5 Å². The molecule has 1 atom stereocenters. The van der Waals surface area contributed by atoms with Gasteiger partial charge in [-0.3, -0.25) is 9.69 Å². The van der Waals surface area contributed by atoms with Crippen molar-refractivity contribution in [3.05, 3.63) is 34.0 Å². The SMILES string of the molecule is CC(=O)NC1(c2nc(C)cs2)CCN(Cc2ccnc(N(C)C)n2)C1. The van der Waals surface area contributed by atoms with E-state index in [0.717, 1.165) is 42.5 Å². The fourth-order valence-corrected chi connectivity index (χ4v) is 4.16. The van der Waals surface area contributed by atoms with E-state index < -0.39 is 5.54 Å². The van der Waals surface area contributed by atoms with E-state index in [4.69, 9.17) is 0 Å². The van der Waals surface area contributed by atoms with Gasteiger partial charge in [0.15, 0.2) is 0 Å². The molecule has 0 aromatic carbocycles. The Labute approximate surface area is 152 Å². The van der Waals surface area contributed by atoms with Crippen molar-refractivity contribution in [3.8, 4) is 0 Å². The van der Waals surface area contributed by atoms with Crippen LogP contribution in [0.4, 0.5) is 5.95 Å². The van der Waals surface area contributed by atoms with Crippen LogP contribution in [0.2, 0.25) is 0 Å². The largest absolute Gasteiger partial charge is 0.347 e. The molecule has 25 heavy (non-hydrogen) atoms. The summed E-state index contributed by atoms with van der Waals surface area (Å²) in [5.74, 6) is 0.687. The summed E-state index contributed by atoms with van der Waals surface area (Å²) in [5.41, 5.74) is 1.57. The van der Waals surface area contributed by atoms with Crippen molar-refractivity contribution in [2.24, 2.45) is 0 Å². The second-order valence-corrected chi connectivity index (χ2v) is 7.62. The Kier molecular flexibility index (Phi) is 5.01. The average Bonchev–Trinajstić information content (AvgIpc) is 3.15. The molecule has 1 aliphatic rings. The van der Waals surface area contributed by atoms with Gasteiger partial charge in [-0.2, -0.15) is 0 Å². The lowest BCUT2D eigenvalue weighted by Gasteiger charge is -2.28. The third kappa shape index (κ3) is 3.96. The lowest BCUT2D eigenvalue weighted by molar-refractivity contribution is -0.120. The molecule has 7 nitrogen and oxygen atoms in total. The molecule has 3 rings (SSSR count). The molecule has 0 spiro atoms. The van der Waals surface area contributed by atoms with Crippen LogP contribution in [0.3, 0.4) is 0 Å². The Hall–Kier alpha value is -2.06. The molecule has 1 amide bonds. The van der Waals surface area contributed by atoms with Crippen molar-refractivity contribution in [3.63, 3.8) is 0 Å². The summed E-state index contributed by atoms with van der Waals surface area (Å²) in [6.45, 7) is 5.91. The van der Waals surface area contributed by atoms with E-state index in [1.165, 1.54) is 0 Å². The fraction of sp³-hybridized carbons (Fsp3) is 0.529. The Balaban J connectivity index is 1.78. The first-order chi connectivity index (χ1) is 11.9. The average molecular weight is 360 g/mol. The number of likely N-dealkylation sites (tertiary alicyclic amines) is 1. The van der Waals surface area contributed by atoms with Crippen LogP contribution in [-0.2, 0) is 16.9 Å². The van der Waals surface area contributed by atoms with Gasteiger partial charge in [0.25, 0.3) is 0 Å². The molecule has 3 heterocycles. The van der Waals surface area contributed by atoms with Crippen molar-refractivity contribution in [1.29, 1.82) is 0 Å². The van der Waals surface area contributed by atoms with Crippen LogP contribution in [-0.4, -0.2) is 52.9 Å². The maximum Gasteiger partial charge on any atom is 0.225 e. The zero-order valence-electron chi connectivity index (χ0n) is 15.1. The van der Waals surface area contributed by atoms with Crippen molar-refractivity contribution in [1.82, 2.24) is 25.2 Å². The van der Waals surface area contributed by atoms with Gasteiger partial charge < -0.3 is 10.2 Å². The number of hydrogen-bond acceptors (Lipinski definition) is 7. The van der Waals surface area contributed by atoms with Gasteiger partial charge in [-0.1, -0.05) is 0 Å². The number of nitrogens with one attached hydrogen (secondary N) is 1. The zero-order chi connectivity index (χ0) is 18.0. The van der Waals surface area contributed by atoms with Crippen LogP contribution in [0.1, 0.15) is 29.7 Å². The monoisotopic (exact) mass is 360 g/mol. The van der Waals surface area contributed by atoms with E-state index in [0.29, 0.717) is 5.95 Å². The molecule has 1 unspecified atom stereocenters. The van der Waals surface area contributed by atoms with Crippen molar-refractivity contribution in [2.75, 3.05) is 32.1 Å². The van der Waals surface area contributed by atoms with Crippen LogP contribution in [0.5, 0.6) is 0 Å². The number of carbonyl (C=O) groups excluding carboxylic acids is 1. The number of nitrogens with zero attached hydrogens (tertiary/aromatic N) is 5. The van der Waals surface area contributed by atoms with Gasteiger partial charge in [-0.25, -0.2) is 15.0 Å². The van der Waals surface area contributed by atoms with E-state index in [1.807, 2.05) is 37.4 Å². The normalized spacial score (nSPS) is 20.6. The van der Waals surface area contributed by atoms with E-state index >= 15 is 0 Å². The van der Waals surface area contributed by atoms with E-state index in [2.05, 4.69) is 25.2 Å². The third-order valence-corrected chi connectivity index (χ3v) is 5.44. The minimum absolute atomic E-state index is 0.0216. The lowest BCUT2D eigenvalue weighted by Crippen LogP contribution is -2.47. The van der Waals surface area contributed by atoms with Gasteiger partial charge in [-0.05, 0) is 19.4 Å². The van der Waals surface area contributed by atoms with Crippen LogP contribution in [0.25, 0.3) is 0 Å². The topological polar surface area (TPSA) is 74.2 Å². The summed E-state index contributed by atoms with van der Waals surface area (Å²) >= 11 is 1.62. The van der Waals surface area contributed by atoms with Crippen LogP contribution >= 0.6 is 11.3 Å². The smallest absolute Gasteiger partial charge is 0.225 e. The van der Waals surface area contributed by atoms with Crippen molar-refractivity contribution >= 4 is 23.2 Å². The first kappa shape index (κ1) is 17.8. The summed E-state index contributed by atoms with van der Waals surface area (Å²) in [6.07, 6.45) is 2.64. The summed E-state index contributed by atoms with van der Waals surface area (Å²) in [5, 5.41) is 6.18. The van der Waals surface area contributed by atoms with Crippen LogP contribution < -0.4 is 10.2 Å².